The van der Waals surface area contributed by atoms with Crippen molar-refractivity contribution >= 4 is 5.97 Å². The lowest BCUT2D eigenvalue weighted by Crippen LogP contribution is -2.48. The molecule has 62 valence electrons. The molecule has 2 heteroatoms. The maximum absolute atomic E-state index is 10.9. The van der Waals surface area contributed by atoms with E-state index >= 15 is 0 Å². The van der Waals surface area contributed by atoms with Crippen molar-refractivity contribution in [3.05, 3.63) is 0 Å². The normalized spacial score (nSPS) is 48.1. The van der Waals surface area contributed by atoms with Crippen molar-refractivity contribution in [2.45, 2.75) is 32.6 Å². The van der Waals surface area contributed by atoms with E-state index in [1.54, 1.807) is 0 Å². The lowest BCUT2D eigenvalue weighted by Gasteiger charge is -2.51. The van der Waals surface area contributed by atoms with Gasteiger partial charge in [0.15, 0.2) is 0 Å². The average Bonchev–Trinajstić information content (AvgIpc) is 1.85. The molecule has 3 aliphatic carbocycles. The van der Waals surface area contributed by atoms with Crippen LogP contribution < -0.4 is 0 Å². The van der Waals surface area contributed by atoms with Crippen molar-refractivity contribution in [1.82, 2.24) is 0 Å². The van der Waals surface area contributed by atoms with Crippen LogP contribution in [-0.2, 0) is 4.79 Å². The number of fused-ring (bicyclic) bond motifs is 2. The van der Waals surface area contributed by atoms with Gasteiger partial charge in [-0.3, -0.25) is 4.79 Å². The summed E-state index contributed by atoms with van der Waals surface area (Å²) in [6.45, 7) is 1.91. The molecule has 1 N–H and O–H groups in total. The molecule has 2 nitrogen and oxygen atoms in total. The van der Waals surface area contributed by atoms with Gasteiger partial charge in [-0.05, 0) is 44.4 Å². The molecule has 11 heavy (non-hydrogen) atoms. The number of carbonyl (C=O) groups is 1. The summed E-state index contributed by atoms with van der Waals surface area (Å²) < 4.78 is 0. The van der Waals surface area contributed by atoms with Crippen LogP contribution in [0.2, 0.25) is 0 Å². The monoisotopic (exact) mass is 154 g/mol. The van der Waals surface area contributed by atoms with E-state index in [0.29, 0.717) is 5.92 Å². The lowest BCUT2D eigenvalue weighted by molar-refractivity contribution is -0.161. The van der Waals surface area contributed by atoms with Crippen molar-refractivity contribution in [3.63, 3.8) is 0 Å². The number of rotatable bonds is 1. The van der Waals surface area contributed by atoms with Gasteiger partial charge in [0.1, 0.15) is 0 Å². The van der Waals surface area contributed by atoms with Gasteiger partial charge < -0.3 is 5.11 Å². The molecular formula is C9H14O2. The first-order chi connectivity index (χ1) is 5.13. The van der Waals surface area contributed by atoms with Crippen molar-refractivity contribution in [2.24, 2.45) is 17.3 Å². The molecule has 2 bridgehead atoms. The van der Waals surface area contributed by atoms with Crippen LogP contribution in [0, 0.1) is 17.3 Å². The van der Waals surface area contributed by atoms with Crippen LogP contribution in [0.4, 0.5) is 0 Å². The summed E-state index contributed by atoms with van der Waals surface area (Å²) in [5, 5.41) is 8.99. The van der Waals surface area contributed by atoms with E-state index < -0.39 is 5.97 Å². The molecule has 3 aliphatic rings. The summed E-state index contributed by atoms with van der Waals surface area (Å²) in [6.07, 6.45) is 4.38. The third kappa shape index (κ3) is 0.815. The van der Waals surface area contributed by atoms with Gasteiger partial charge in [0, 0.05) is 0 Å². The van der Waals surface area contributed by atoms with Crippen LogP contribution in [0.3, 0.4) is 0 Å². The second-order valence-corrected chi connectivity index (χ2v) is 4.30. The molecule has 1 atom stereocenters. The largest absolute Gasteiger partial charge is 0.481 e. The maximum Gasteiger partial charge on any atom is 0.309 e. The highest BCUT2D eigenvalue weighted by atomic mass is 16.4. The summed E-state index contributed by atoms with van der Waals surface area (Å²) in [5.41, 5.74) is -0.380. The second-order valence-electron chi connectivity index (χ2n) is 4.30. The first kappa shape index (κ1) is 7.14. The Morgan fingerprint density at radius 3 is 2.45 bits per heavy atom. The second kappa shape index (κ2) is 1.99. The summed E-state index contributed by atoms with van der Waals surface area (Å²) in [6, 6.07) is 0. The fourth-order valence-electron chi connectivity index (χ4n) is 2.48. The number of aliphatic carboxylic acids is 1. The molecule has 0 aliphatic heterocycles. The van der Waals surface area contributed by atoms with Crippen LogP contribution in [0.1, 0.15) is 32.6 Å². The van der Waals surface area contributed by atoms with E-state index in [0.717, 1.165) is 18.8 Å². The van der Waals surface area contributed by atoms with E-state index in [1.807, 2.05) is 6.92 Å². The van der Waals surface area contributed by atoms with Crippen LogP contribution in [0.15, 0.2) is 0 Å². The van der Waals surface area contributed by atoms with Crippen LogP contribution in [0.25, 0.3) is 0 Å². The fourth-order valence-corrected chi connectivity index (χ4v) is 2.48. The van der Waals surface area contributed by atoms with Crippen LogP contribution in [0.5, 0.6) is 0 Å². The fraction of sp³-hybridized carbons (Fsp3) is 0.889. The lowest BCUT2D eigenvalue weighted by atomic mass is 9.53. The highest BCUT2D eigenvalue weighted by Gasteiger charge is 2.51. The van der Waals surface area contributed by atoms with Gasteiger partial charge in [0.25, 0.3) is 0 Å². The molecule has 3 fully saturated rings. The van der Waals surface area contributed by atoms with Gasteiger partial charge in [-0.2, -0.15) is 0 Å². The summed E-state index contributed by atoms with van der Waals surface area (Å²) >= 11 is 0. The summed E-state index contributed by atoms with van der Waals surface area (Å²) in [4.78, 5) is 10.9. The van der Waals surface area contributed by atoms with Gasteiger partial charge in [-0.15, -0.1) is 0 Å². The van der Waals surface area contributed by atoms with E-state index in [2.05, 4.69) is 0 Å². The first-order valence-corrected chi connectivity index (χ1v) is 4.36. The zero-order valence-electron chi connectivity index (χ0n) is 6.84. The minimum Gasteiger partial charge on any atom is -0.481 e. The maximum atomic E-state index is 10.9. The van der Waals surface area contributed by atoms with Crippen molar-refractivity contribution in [2.75, 3.05) is 0 Å². The summed E-state index contributed by atoms with van der Waals surface area (Å²) in [5.74, 6) is 0.770. The van der Waals surface area contributed by atoms with E-state index in [-0.39, 0.29) is 5.41 Å². The van der Waals surface area contributed by atoms with Gasteiger partial charge in [0.2, 0.25) is 0 Å². The third-order valence-corrected chi connectivity index (χ3v) is 3.70. The molecule has 0 spiro atoms. The standard InChI is InChI=1S/C9H14O2/c1-9(8(10)11)3-2-6-4-7(9)5-6/h6-7H,2-5H2,1H3,(H,10,11). The Morgan fingerprint density at radius 2 is 2.18 bits per heavy atom. The third-order valence-electron chi connectivity index (χ3n) is 3.70. The zero-order valence-corrected chi connectivity index (χ0v) is 6.84. The summed E-state index contributed by atoms with van der Waals surface area (Å²) in [7, 11) is 0. The smallest absolute Gasteiger partial charge is 0.309 e. The SMILES string of the molecule is CC1(C(=O)O)CCC2CC1C2. The number of hydrogen-bond donors (Lipinski definition) is 1. The van der Waals surface area contributed by atoms with Crippen LogP contribution >= 0.6 is 0 Å². The van der Waals surface area contributed by atoms with Gasteiger partial charge in [0.05, 0.1) is 5.41 Å². The number of carboxylic acids is 1. The Balaban J connectivity index is 2.17. The molecule has 0 saturated heterocycles. The molecule has 0 heterocycles. The predicted molar refractivity (Wildman–Crippen MR) is 41.2 cm³/mol. The highest BCUT2D eigenvalue weighted by molar-refractivity contribution is 5.75. The minimum atomic E-state index is -0.583. The quantitative estimate of drug-likeness (QED) is 0.626. The molecule has 0 aromatic carbocycles. The van der Waals surface area contributed by atoms with Crippen molar-refractivity contribution < 1.29 is 9.90 Å². The Morgan fingerprint density at radius 1 is 1.55 bits per heavy atom. The minimum absolute atomic E-state index is 0.380. The first-order valence-electron chi connectivity index (χ1n) is 4.36. The Labute approximate surface area is 66.6 Å². The van der Waals surface area contributed by atoms with E-state index in [4.69, 9.17) is 5.11 Å². The number of carboxylic acid groups (broad SMARTS) is 1. The molecular weight excluding hydrogens is 140 g/mol. The molecule has 1 unspecified atom stereocenters. The molecule has 0 aromatic rings. The van der Waals surface area contributed by atoms with Crippen molar-refractivity contribution in [3.8, 4) is 0 Å². The van der Waals surface area contributed by atoms with Crippen molar-refractivity contribution in [1.29, 1.82) is 0 Å². The number of hydrogen-bond acceptors (Lipinski definition) is 1. The predicted octanol–water partition coefficient (Wildman–Crippen LogP) is 1.90. The Bertz CT molecular complexity index is 191. The van der Waals surface area contributed by atoms with Gasteiger partial charge in [-0.1, -0.05) is 0 Å². The molecule has 0 radical (unpaired) electrons. The highest BCUT2D eigenvalue weighted by Crippen LogP contribution is 2.55. The molecule has 3 rings (SSSR count). The molecule has 0 amide bonds. The van der Waals surface area contributed by atoms with Gasteiger partial charge in [-0.25, -0.2) is 0 Å². The molecule has 0 aromatic heterocycles. The van der Waals surface area contributed by atoms with Gasteiger partial charge >= 0.3 is 5.97 Å². The Hall–Kier alpha value is -0.530. The van der Waals surface area contributed by atoms with E-state index in [1.165, 1.54) is 12.8 Å². The topological polar surface area (TPSA) is 37.3 Å². The van der Waals surface area contributed by atoms with Crippen LogP contribution in [-0.4, -0.2) is 11.1 Å². The zero-order chi connectivity index (χ0) is 8.06. The van der Waals surface area contributed by atoms with E-state index in [9.17, 15) is 4.79 Å². The average molecular weight is 154 g/mol. The Kier molecular flexibility index (Phi) is 1.29. The molecule has 3 saturated carbocycles.